The van der Waals surface area contributed by atoms with Crippen molar-refractivity contribution in [1.82, 2.24) is 25.1 Å². The van der Waals surface area contributed by atoms with Gasteiger partial charge in [-0.1, -0.05) is 13.8 Å². The van der Waals surface area contributed by atoms with Crippen LogP contribution in [0.1, 0.15) is 62.2 Å². The molecule has 0 saturated carbocycles. The Labute approximate surface area is 135 Å². The standard InChI is InChI=1S/C17H21N5O/c1-10(2)17-19-15(13-6-7-18-21-13)12-8-11-4-3-5-14(16(12)20-17)22(11)9-23/h6-7,9-11,14H,3-5,8H2,1-2H3,(H,18,21). The largest absolute Gasteiger partial charge is 0.333 e. The molecule has 0 spiro atoms. The average Bonchev–Trinajstić information content (AvgIpc) is 3.07. The zero-order valence-corrected chi connectivity index (χ0v) is 13.5. The fourth-order valence-electron chi connectivity index (χ4n) is 3.84. The Bertz CT molecular complexity index is 725. The monoisotopic (exact) mass is 311 g/mol. The summed E-state index contributed by atoms with van der Waals surface area (Å²) in [5, 5.41) is 7.21. The predicted molar refractivity (Wildman–Crippen MR) is 85.7 cm³/mol. The van der Waals surface area contributed by atoms with Gasteiger partial charge in [0, 0.05) is 23.7 Å². The smallest absolute Gasteiger partial charge is 0.210 e. The van der Waals surface area contributed by atoms with Gasteiger partial charge < -0.3 is 4.90 Å². The molecule has 0 radical (unpaired) electrons. The minimum atomic E-state index is 0.0909. The number of nitrogens with zero attached hydrogens (tertiary/aromatic N) is 4. The van der Waals surface area contributed by atoms with Gasteiger partial charge in [-0.15, -0.1) is 0 Å². The molecule has 120 valence electrons. The Morgan fingerprint density at radius 1 is 1.35 bits per heavy atom. The van der Waals surface area contributed by atoms with E-state index in [1.54, 1.807) is 0 Å². The van der Waals surface area contributed by atoms with Gasteiger partial charge in [0.1, 0.15) is 11.5 Å². The van der Waals surface area contributed by atoms with E-state index in [-0.39, 0.29) is 18.0 Å². The lowest BCUT2D eigenvalue weighted by molar-refractivity contribution is -0.125. The first-order chi connectivity index (χ1) is 11.2. The van der Waals surface area contributed by atoms with Crippen molar-refractivity contribution in [3.05, 3.63) is 29.3 Å². The lowest BCUT2D eigenvalue weighted by Crippen LogP contribution is -2.46. The molecule has 6 heteroatoms. The number of piperidine rings is 1. The van der Waals surface area contributed by atoms with Crippen LogP contribution < -0.4 is 0 Å². The third kappa shape index (κ3) is 2.24. The number of rotatable bonds is 3. The molecule has 0 aromatic carbocycles. The van der Waals surface area contributed by atoms with Crippen molar-refractivity contribution in [1.29, 1.82) is 0 Å². The number of aromatic amines is 1. The Kier molecular flexibility index (Phi) is 3.39. The van der Waals surface area contributed by atoms with E-state index in [0.717, 1.165) is 55.0 Å². The highest BCUT2D eigenvalue weighted by molar-refractivity contribution is 5.62. The second kappa shape index (κ2) is 5.44. The van der Waals surface area contributed by atoms with Crippen LogP contribution in [0.3, 0.4) is 0 Å². The Morgan fingerprint density at radius 2 is 2.22 bits per heavy atom. The number of aromatic nitrogens is 4. The summed E-state index contributed by atoms with van der Waals surface area (Å²) in [6.07, 6.45) is 6.84. The van der Waals surface area contributed by atoms with Crippen molar-refractivity contribution in [2.75, 3.05) is 0 Å². The fourth-order valence-corrected chi connectivity index (χ4v) is 3.84. The molecular formula is C17H21N5O. The SMILES string of the molecule is CC(C)c1nc(-c2cc[nH]n2)c2c(n1)C1CCCC(C2)N1C=O. The van der Waals surface area contributed by atoms with Gasteiger partial charge in [-0.2, -0.15) is 5.10 Å². The van der Waals surface area contributed by atoms with Crippen molar-refractivity contribution in [2.45, 2.75) is 57.5 Å². The molecule has 1 fully saturated rings. The summed E-state index contributed by atoms with van der Waals surface area (Å²) < 4.78 is 0. The van der Waals surface area contributed by atoms with Crippen LogP contribution >= 0.6 is 0 Å². The molecule has 1 saturated heterocycles. The predicted octanol–water partition coefficient (Wildman–Crippen LogP) is 2.60. The van der Waals surface area contributed by atoms with E-state index in [2.05, 4.69) is 24.0 Å². The Balaban J connectivity index is 1.93. The Morgan fingerprint density at radius 3 is 2.91 bits per heavy atom. The highest BCUT2D eigenvalue weighted by Crippen LogP contribution is 2.42. The van der Waals surface area contributed by atoms with Crippen LogP contribution in [0.5, 0.6) is 0 Å². The quantitative estimate of drug-likeness (QED) is 0.884. The van der Waals surface area contributed by atoms with Crippen molar-refractivity contribution in [2.24, 2.45) is 0 Å². The van der Waals surface area contributed by atoms with Crippen molar-refractivity contribution < 1.29 is 4.79 Å². The van der Waals surface area contributed by atoms with Gasteiger partial charge in [-0.05, 0) is 31.7 Å². The van der Waals surface area contributed by atoms with Crippen LogP contribution in [0, 0.1) is 0 Å². The number of hydrogen-bond acceptors (Lipinski definition) is 4. The second-order valence-electron chi connectivity index (χ2n) is 6.77. The summed E-state index contributed by atoms with van der Waals surface area (Å²) in [4.78, 5) is 23.2. The van der Waals surface area contributed by atoms with Gasteiger partial charge in [-0.25, -0.2) is 9.97 Å². The van der Waals surface area contributed by atoms with Gasteiger partial charge in [0.15, 0.2) is 0 Å². The maximum Gasteiger partial charge on any atom is 0.210 e. The molecule has 2 bridgehead atoms. The molecule has 0 aliphatic carbocycles. The topological polar surface area (TPSA) is 74.8 Å². The van der Waals surface area contributed by atoms with Crippen molar-refractivity contribution in [3.63, 3.8) is 0 Å². The number of hydrogen-bond donors (Lipinski definition) is 1. The molecule has 2 aliphatic rings. The van der Waals surface area contributed by atoms with Crippen LogP contribution in [0.2, 0.25) is 0 Å². The average molecular weight is 311 g/mol. The summed E-state index contributed by atoms with van der Waals surface area (Å²) in [6.45, 7) is 4.19. The molecular weight excluding hydrogens is 290 g/mol. The second-order valence-corrected chi connectivity index (χ2v) is 6.77. The van der Waals surface area contributed by atoms with Crippen LogP contribution in [0.25, 0.3) is 11.4 Å². The van der Waals surface area contributed by atoms with E-state index in [1.165, 1.54) is 5.56 Å². The zero-order valence-electron chi connectivity index (χ0n) is 13.5. The molecule has 4 rings (SSSR count). The maximum absolute atomic E-state index is 11.6. The Hall–Kier alpha value is -2.24. The van der Waals surface area contributed by atoms with Crippen LogP contribution in [0.4, 0.5) is 0 Å². The van der Waals surface area contributed by atoms with Gasteiger partial charge >= 0.3 is 0 Å². The van der Waals surface area contributed by atoms with Gasteiger partial charge in [0.2, 0.25) is 6.41 Å². The summed E-state index contributed by atoms with van der Waals surface area (Å²) >= 11 is 0. The minimum Gasteiger partial charge on any atom is -0.333 e. The summed E-state index contributed by atoms with van der Waals surface area (Å²) in [7, 11) is 0. The number of amides is 1. The number of nitrogens with one attached hydrogen (secondary N) is 1. The van der Waals surface area contributed by atoms with Crippen LogP contribution in [-0.2, 0) is 11.2 Å². The molecule has 2 aromatic heterocycles. The van der Waals surface area contributed by atoms with Crippen LogP contribution in [-0.4, -0.2) is 37.5 Å². The van der Waals surface area contributed by atoms with Crippen LogP contribution in [0.15, 0.2) is 12.3 Å². The fraction of sp³-hybridized carbons (Fsp3) is 0.529. The molecule has 4 heterocycles. The van der Waals surface area contributed by atoms with Crippen molar-refractivity contribution >= 4 is 6.41 Å². The lowest BCUT2D eigenvalue weighted by Gasteiger charge is -2.44. The number of carbonyl (C=O) groups excluding carboxylic acids is 1. The normalized spacial score (nSPS) is 23.0. The zero-order chi connectivity index (χ0) is 16.0. The van der Waals surface area contributed by atoms with E-state index in [0.29, 0.717) is 0 Å². The van der Waals surface area contributed by atoms with Crippen molar-refractivity contribution in [3.8, 4) is 11.4 Å². The molecule has 2 unspecified atom stereocenters. The van der Waals surface area contributed by atoms with E-state index in [1.807, 2.05) is 17.2 Å². The summed E-state index contributed by atoms with van der Waals surface area (Å²) in [6, 6.07) is 2.31. The molecule has 2 aromatic rings. The molecule has 2 atom stereocenters. The highest BCUT2D eigenvalue weighted by Gasteiger charge is 2.39. The third-order valence-electron chi connectivity index (χ3n) is 4.99. The lowest BCUT2D eigenvalue weighted by atomic mass is 9.82. The van der Waals surface area contributed by atoms with E-state index in [9.17, 15) is 4.79 Å². The first-order valence-electron chi connectivity index (χ1n) is 8.32. The molecule has 2 aliphatic heterocycles. The third-order valence-corrected chi connectivity index (χ3v) is 4.99. The van der Waals surface area contributed by atoms with Gasteiger partial charge in [0.05, 0.1) is 17.4 Å². The molecule has 1 N–H and O–H groups in total. The van der Waals surface area contributed by atoms with E-state index in [4.69, 9.17) is 9.97 Å². The summed E-state index contributed by atoms with van der Waals surface area (Å²) in [5.74, 6) is 1.07. The number of fused-ring (bicyclic) bond motifs is 4. The highest BCUT2D eigenvalue weighted by atomic mass is 16.1. The van der Waals surface area contributed by atoms with Gasteiger partial charge in [0.25, 0.3) is 0 Å². The molecule has 6 nitrogen and oxygen atoms in total. The first-order valence-corrected chi connectivity index (χ1v) is 8.32. The van der Waals surface area contributed by atoms with E-state index >= 15 is 0 Å². The first kappa shape index (κ1) is 14.4. The minimum absolute atomic E-state index is 0.0909. The molecule has 23 heavy (non-hydrogen) atoms. The maximum atomic E-state index is 11.6. The number of carbonyl (C=O) groups is 1. The van der Waals surface area contributed by atoms with Gasteiger partial charge in [-0.3, -0.25) is 9.89 Å². The summed E-state index contributed by atoms with van der Waals surface area (Å²) in [5.41, 5.74) is 4.00. The number of H-pyrrole nitrogens is 1. The van der Waals surface area contributed by atoms with E-state index < -0.39 is 0 Å². The molecule has 1 amide bonds.